The van der Waals surface area contributed by atoms with Crippen LogP contribution in [0.1, 0.15) is 67.0 Å². The fraction of sp³-hybridized carbons (Fsp3) is 0.370. The first-order chi connectivity index (χ1) is 16.3. The third-order valence-electron chi connectivity index (χ3n) is 7.05. The number of nitriles is 2. The van der Waals surface area contributed by atoms with Crippen molar-refractivity contribution in [2.75, 3.05) is 4.90 Å². The lowest BCUT2D eigenvalue weighted by Gasteiger charge is -2.43. The van der Waals surface area contributed by atoms with E-state index in [4.69, 9.17) is 5.73 Å². The number of rotatable bonds is 2. The largest absolute Gasteiger partial charge is 0.384 e. The van der Waals surface area contributed by atoms with Crippen molar-refractivity contribution in [2.45, 2.75) is 58.3 Å². The Labute approximate surface area is 202 Å². The Kier molecular flexibility index (Phi) is 5.34. The molecular weight excluding hydrogens is 447 g/mol. The molecule has 2 heterocycles. The number of allylic oxidation sites excluding steroid dienone is 3. The maximum atomic E-state index is 13.7. The van der Waals surface area contributed by atoms with Gasteiger partial charge in [-0.2, -0.15) is 10.5 Å². The average Bonchev–Trinajstić information content (AvgIpc) is 3.16. The first-order valence-electron chi connectivity index (χ1n) is 11.5. The van der Waals surface area contributed by atoms with Gasteiger partial charge in [-0.3, -0.25) is 9.69 Å². The Hall–Kier alpha value is -3.42. The summed E-state index contributed by atoms with van der Waals surface area (Å²) in [5.41, 5.74) is 10.3. The van der Waals surface area contributed by atoms with E-state index in [1.165, 1.54) is 17.0 Å². The summed E-state index contributed by atoms with van der Waals surface area (Å²) in [6.45, 7) is 4.09. The predicted octanol–water partition coefficient (Wildman–Crippen LogP) is 5.58. The first kappa shape index (κ1) is 22.4. The highest BCUT2D eigenvalue weighted by atomic mass is 32.1. The van der Waals surface area contributed by atoms with Gasteiger partial charge in [-0.05, 0) is 60.8 Å². The van der Waals surface area contributed by atoms with Gasteiger partial charge in [-0.15, -0.1) is 11.3 Å². The standard InChI is InChI=1S/C27H25FN4OS/c1-27(2)11-20-24(21(33)12-27)23(15-7-9-16(28)10-8-15)19(14-30)25(31)32(20)26-18(13-29)17-5-3-4-6-22(17)34-26/h7-10,23H,3-6,11-12,31H2,1-2H3/t23-/m1/s1. The monoisotopic (exact) mass is 472 g/mol. The molecule has 5 nitrogen and oxygen atoms in total. The molecule has 0 bridgehead atoms. The zero-order chi connectivity index (χ0) is 24.2. The molecular formula is C27H25FN4OS. The molecule has 5 rings (SSSR count). The molecule has 1 atom stereocenters. The summed E-state index contributed by atoms with van der Waals surface area (Å²) >= 11 is 1.55. The quantitative estimate of drug-likeness (QED) is 0.616. The molecule has 1 aromatic heterocycles. The Morgan fingerprint density at radius 2 is 1.82 bits per heavy atom. The maximum absolute atomic E-state index is 13.7. The zero-order valence-corrected chi connectivity index (χ0v) is 20.1. The Morgan fingerprint density at radius 3 is 2.50 bits per heavy atom. The molecule has 0 fully saturated rings. The summed E-state index contributed by atoms with van der Waals surface area (Å²) in [5, 5.41) is 21.0. The normalized spacial score (nSPS) is 21.6. The first-order valence-corrected chi connectivity index (χ1v) is 12.3. The van der Waals surface area contributed by atoms with Crippen LogP contribution in [-0.2, 0) is 17.6 Å². The number of Topliss-reactive ketones (excluding diaryl/α,β-unsaturated/α-hetero) is 1. The van der Waals surface area contributed by atoms with Gasteiger partial charge in [-0.25, -0.2) is 4.39 Å². The molecule has 3 aliphatic rings. The molecule has 0 saturated carbocycles. The van der Waals surface area contributed by atoms with E-state index in [2.05, 4.69) is 12.1 Å². The number of aryl methyl sites for hydroxylation is 1. The van der Waals surface area contributed by atoms with Gasteiger partial charge < -0.3 is 5.73 Å². The number of anilines is 1. The van der Waals surface area contributed by atoms with E-state index in [-0.39, 0.29) is 28.4 Å². The van der Waals surface area contributed by atoms with Gasteiger partial charge in [0, 0.05) is 22.6 Å². The van der Waals surface area contributed by atoms with Crippen LogP contribution < -0.4 is 10.6 Å². The Bertz CT molecular complexity index is 1350. The van der Waals surface area contributed by atoms with E-state index in [0.717, 1.165) is 36.9 Å². The molecule has 0 saturated heterocycles. The van der Waals surface area contributed by atoms with Crippen molar-refractivity contribution in [3.05, 3.63) is 74.3 Å². The highest BCUT2D eigenvalue weighted by Gasteiger charge is 2.45. The zero-order valence-electron chi connectivity index (χ0n) is 19.2. The molecule has 2 aliphatic carbocycles. The number of ketones is 1. The molecule has 0 amide bonds. The summed E-state index contributed by atoms with van der Waals surface area (Å²) in [4.78, 5) is 16.6. The average molecular weight is 473 g/mol. The van der Waals surface area contributed by atoms with Crippen LogP contribution in [0.25, 0.3) is 0 Å². The van der Waals surface area contributed by atoms with Crippen LogP contribution in [0, 0.1) is 33.9 Å². The highest BCUT2D eigenvalue weighted by molar-refractivity contribution is 7.16. The van der Waals surface area contributed by atoms with Crippen LogP contribution in [0.2, 0.25) is 0 Å². The van der Waals surface area contributed by atoms with Crippen LogP contribution in [0.4, 0.5) is 9.39 Å². The SMILES string of the molecule is CC1(C)CC(=O)C2=C(C1)N(c1sc3c(c1C#N)CCCC3)C(N)=C(C#N)[C@H]2c1ccc(F)cc1. The number of carbonyl (C=O) groups is 1. The minimum absolute atomic E-state index is 0.0364. The number of hydrogen-bond acceptors (Lipinski definition) is 6. The fourth-order valence-corrected chi connectivity index (χ4v) is 6.93. The molecule has 34 heavy (non-hydrogen) atoms. The van der Waals surface area contributed by atoms with Crippen molar-refractivity contribution < 1.29 is 9.18 Å². The van der Waals surface area contributed by atoms with Crippen molar-refractivity contribution in [1.29, 1.82) is 10.5 Å². The predicted molar refractivity (Wildman–Crippen MR) is 129 cm³/mol. The molecule has 0 unspecified atom stereocenters. The van der Waals surface area contributed by atoms with Crippen molar-refractivity contribution in [3.8, 4) is 12.1 Å². The highest BCUT2D eigenvalue weighted by Crippen LogP contribution is 2.52. The van der Waals surface area contributed by atoms with Gasteiger partial charge in [0.05, 0.1) is 23.1 Å². The van der Waals surface area contributed by atoms with Gasteiger partial charge in [-0.1, -0.05) is 26.0 Å². The van der Waals surface area contributed by atoms with Crippen LogP contribution in [-0.4, -0.2) is 5.78 Å². The lowest BCUT2D eigenvalue weighted by molar-refractivity contribution is -0.118. The lowest BCUT2D eigenvalue weighted by Crippen LogP contribution is -2.42. The molecule has 172 valence electrons. The smallest absolute Gasteiger partial charge is 0.162 e. The number of nitrogens with zero attached hydrogens (tertiary/aromatic N) is 3. The van der Waals surface area contributed by atoms with Crippen molar-refractivity contribution in [2.24, 2.45) is 11.1 Å². The summed E-state index contributed by atoms with van der Waals surface area (Å²) < 4.78 is 13.7. The van der Waals surface area contributed by atoms with E-state index in [0.29, 0.717) is 34.5 Å². The van der Waals surface area contributed by atoms with E-state index < -0.39 is 5.92 Å². The van der Waals surface area contributed by atoms with Crippen molar-refractivity contribution in [3.63, 3.8) is 0 Å². The molecule has 0 spiro atoms. The number of halogens is 1. The van der Waals surface area contributed by atoms with E-state index in [9.17, 15) is 19.7 Å². The topological polar surface area (TPSA) is 93.9 Å². The minimum Gasteiger partial charge on any atom is -0.384 e. The van der Waals surface area contributed by atoms with Crippen LogP contribution in [0.5, 0.6) is 0 Å². The van der Waals surface area contributed by atoms with Gasteiger partial charge in [0.2, 0.25) is 0 Å². The molecule has 2 N–H and O–H groups in total. The summed E-state index contributed by atoms with van der Waals surface area (Å²) in [5.74, 6) is -0.827. The van der Waals surface area contributed by atoms with E-state index >= 15 is 0 Å². The second-order valence-corrected chi connectivity index (χ2v) is 11.1. The lowest BCUT2D eigenvalue weighted by atomic mass is 9.68. The second-order valence-electron chi connectivity index (χ2n) is 10.0. The van der Waals surface area contributed by atoms with Gasteiger partial charge in [0.15, 0.2) is 5.78 Å². The molecule has 0 radical (unpaired) electrons. The number of thiophene rings is 1. The number of nitrogens with two attached hydrogens (primary N) is 1. The molecule has 2 aromatic rings. The third-order valence-corrected chi connectivity index (χ3v) is 8.33. The van der Waals surface area contributed by atoms with E-state index in [1.54, 1.807) is 23.5 Å². The number of benzene rings is 1. The van der Waals surface area contributed by atoms with Crippen molar-refractivity contribution in [1.82, 2.24) is 0 Å². The van der Waals surface area contributed by atoms with Crippen molar-refractivity contribution >= 4 is 22.1 Å². The van der Waals surface area contributed by atoms with Crippen LogP contribution >= 0.6 is 11.3 Å². The summed E-state index contributed by atoms with van der Waals surface area (Å²) in [6.07, 6.45) is 4.83. The molecule has 1 aromatic carbocycles. The molecule has 1 aliphatic heterocycles. The Morgan fingerprint density at radius 1 is 1.12 bits per heavy atom. The minimum atomic E-state index is -0.652. The van der Waals surface area contributed by atoms with Gasteiger partial charge in [0.25, 0.3) is 0 Å². The number of fused-ring (bicyclic) bond motifs is 1. The fourth-order valence-electron chi connectivity index (χ4n) is 5.55. The second kappa shape index (κ2) is 8.11. The number of carbonyl (C=O) groups excluding carboxylic acids is 1. The van der Waals surface area contributed by atoms with Gasteiger partial charge >= 0.3 is 0 Å². The Balaban J connectivity index is 1.79. The molecule has 7 heteroatoms. The van der Waals surface area contributed by atoms with Crippen LogP contribution in [0.3, 0.4) is 0 Å². The van der Waals surface area contributed by atoms with E-state index in [1.807, 2.05) is 18.7 Å². The summed E-state index contributed by atoms with van der Waals surface area (Å²) in [6, 6.07) is 10.5. The number of hydrogen-bond donors (Lipinski definition) is 1. The van der Waals surface area contributed by atoms with Crippen LogP contribution in [0.15, 0.2) is 46.9 Å². The third kappa shape index (κ3) is 3.43. The summed E-state index contributed by atoms with van der Waals surface area (Å²) in [7, 11) is 0. The van der Waals surface area contributed by atoms with Gasteiger partial charge in [0.1, 0.15) is 22.7 Å². The maximum Gasteiger partial charge on any atom is 0.162 e.